The summed E-state index contributed by atoms with van der Waals surface area (Å²) in [6.45, 7) is 0. The highest BCUT2D eigenvalue weighted by Gasteiger charge is 2.31. The Kier molecular flexibility index (Phi) is 3.41. The van der Waals surface area contributed by atoms with Gasteiger partial charge in [0.2, 0.25) is 11.7 Å². The fourth-order valence-corrected chi connectivity index (χ4v) is 3.37. The first-order chi connectivity index (χ1) is 9.65. The number of nitrogens with zero attached hydrogens (tertiary/aromatic N) is 3. The first kappa shape index (κ1) is 13.1. The van der Waals surface area contributed by atoms with Crippen LogP contribution in [0.1, 0.15) is 11.8 Å². The Morgan fingerprint density at radius 3 is 3.00 bits per heavy atom. The van der Waals surface area contributed by atoms with E-state index >= 15 is 0 Å². The van der Waals surface area contributed by atoms with Crippen LogP contribution in [0.3, 0.4) is 0 Å². The fourth-order valence-electron chi connectivity index (χ4n) is 2.09. The molecule has 1 fully saturated rings. The largest absolute Gasteiger partial charge is 0.339 e. The van der Waals surface area contributed by atoms with Crippen LogP contribution in [0.2, 0.25) is 0 Å². The standard InChI is InChI=1S/C12H12N4O3S/c13-10-6-20-5-9(10)12-14-11(15-19-12)7-2-1-3-8(4-7)16(17)18/h1-4,9-10H,5-6,13H2. The Morgan fingerprint density at radius 1 is 1.45 bits per heavy atom. The van der Waals surface area contributed by atoms with Crippen LogP contribution in [0.5, 0.6) is 0 Å². The maximum Gasteiger partial charge on any atom is 0.270 e. The van der Waals surface area contributed by atoms with Gasteiger partial charge in [0.05, 0.1) is 10.8 Å². The van der Waals surface area contributed by atoms with Crippen molar-refractivity contribution >= 4 is 17.4 Å². The Hall–Kier alpha value is -1.93. The Labute approximate surface area is 118 Å². The van der Waals surface area contributed by atoms with Crippen LogP contribution in [-0.4, -0.2) is 32.6 Å². The minimum atomic E-state index is -0.450. The van der Waals surface area contributed by atoms with Crippen LogP contribution in [0, 0.1) is 10.1 Å². The lowest BCUT2D eigenvalue weighted by Gasteiger charge is -2.07. The van der Waals surface area contributed by atoms with E-state index in [-0.39, 0.29) is 17.6 Å². The molecule has 7 nitrogen and oxygen atoms in total. The third-order valence-electron chi connectivity index (χ3n) is 3.20. The number of rotatable bonds is 3. The summed E-state index contributed by atoms with van der Waals surface area (Å²) in [5.41, 5.74) is 6.55. The van der Waals surface area contributed by atoms with Crippen LogP contribution in [-0.2, 0) is 0 Å². The predicted molar refractivity (Wildman–Crippen MR) is 74.4 cm³/mol. The van der Waals surface area contributed by atoms with Crippen LogP contribution >= 0.6 is 11.8 Å². The zero-order chi connectivity index (χ0) is 14.1. The Morgan fingerprint density at radius 2 is 2.30 bits per heavy atom. The number of nitro benzene ring substituents is 1. The summed E-state index contributed by atoms with van der Waals surface area (Å²) >= 11 is 1.75. The third kappa shape index (κ3) is 2.39. The monoisotopic (exact) mass is 292 g/mol. The zero-order valence-electron chi connectivity index (χ0n) is 10.4. The van der Waals surface area contributed by atoms with Crippen molar-refractivity contribution in [3.05, 3.63) is 40.3 Å². The molecular formula is C12H12N4O3S. The molecule has 0 aliphatic carbocycles. The van der Waals surface area contributed by atoms with Crippen LogP contribution in [0.25, 0.3) is 11.4 Å². The van der Waals surface area contributed by atoms with Crippen molar-refractivity contribution in [3.8, 4) is 11.4 Å². The van der Waals surface area contributed by atoms with Gasteiger partial charge in [0.15, 0.2) is 0 Å². The van der Waals surface area contributed by atoms with Gasteiger partial charge in [-0.3, -0.25) is 10.1 Å². The molecule has 104 valence electrons. The summed E-state index contributed by atoms with van der Waals surface area (Å²) in [7, 11) is 0. The molecule has 8 heteroatoms. The lowest BCUT2D eigenvalue weighted by Crippen LogP contribution is -2.26. The summed E-state index contributed by atoms with van der Waals surface area (Å²) in [4.78, 5) is 14.6. The fraction of sp³-hybridized carbons (Fsp3) is 0.333. The van der Waals surface area contributed by atoms with E-state index in [1.807, 2.05) is 0 Å². The smallest absolute Gasteiger partial charge is 0.270 e. The third-order valence-corrected chi connectivity index (χ3v) is 4.41. The zero-order valence-corrected chi connectivity index (χ0v) is 11.2. The average Bonchev–Trinajstić information content (AvgIpc) is 3.07. The second kappa shape index (κ2) is 5.22. The van der Waals surface area contributed by atoms with Crippen LogP contribution in [0.4, 0.5) is 5.69 Å². The molecule has 1 aliphatic heterocycles. The molecule has 2 atom stereocenters. The first-order valence-corrected chi connectivity index (χ1v) is 7.22. The topological polar surface area (TPSA) is 108 Å². The molecular weight excluding hydrogens is 280 g/mol. The summed E-state index contributed by atoms with van der Waals surface area (Å²) in [6, 6.07) is 6.18. The predicted octanol–water partition coefficient (Wildman–Crippen LogP) is 1.80. The van der Waals surface area contributed by atoms with Crippen molar-refractivity contribution in [3.63, 3.8) is 0 Å². The van der Waals surface area contributed by atoms with Crippen molar-refractivity contribution in [2.24, 2.45) is 5.73 Å². The van der Waals surface area contributed by atoms with Gasteiger partial charge < -0.3 is 10.3 Å². The van der Waals surface area contributed by atoms with Gasteiger partial charge in [-0.05, 0) is 0 Å². The number of hydrogen-bond donors (Lipinski definition) is 1. The van der Waals surface area contributed by atoms with E-state index < -0.39 is 4.92 Å². The second-order valence-electron chi connectivity index (χ2n) is 4.57. The highest BCUT2D eigenvalue weighted by molar-refractivity contribution is 7.99. The van der Waals surface area contributed by atoms with Crippen molar-refractivity contribution in [2.75, 3.05) is 11.5 Å². The number of nitro groups is 1. The summed E-state index contributed by atoms with van der Waals surface area (Å²) in [5.74, 6) is 2.65. The first-order valence-electron chi connectivity index (χ1n) is 6.07. The number of thioether (sulfide) groups is 1. The average molecular weight is 292 g/mol. The van der Waals surface area contributed by atoms with E-state index in [2.05, 4.69) is 10.1 Å². The second-order valence-corrected chi connectivity index (χ2v) is 5.65. The van der Waals surface area contributed by atoms with Gasteiger partial charge in [-0.15, -0.1) is 0 Å². The number of aromatic nitrogens is 2. The number of benzene rings is 1. The summed E-state index contributed by atoms with van der Waals surface area (Å²) < 4.78 is 5.25. The number of hydrogen-bond acceptors (Lipinski definition) is 7. The summed E-state index contributed by atoms with van der Waals surface area (Å²) in [5, 5.41) is 14.7. The Balaban J connectivity index is 1.90. The van der Waals surface area contributed by atoms with Crippen molar-refractivity contribution in [1.82, 2.24) is 10.1 Å². The van der Waals surface area contributed by atoms with Gasteiger partial charge in [-0.1, -0.05) is 17.3 Å². The molecule has 2 unspecified atom stereocenters. The lowest BCUT2D eigenvalue weighted by molar-refractivity contribution is -0.384. The molecule has 1 saturated heterocycles. The quantitative estimate of drug-likeness (QED) is 0.678. The number of non-ortho nitro benzene ring substituents is 1. The van der Waals surface area contributed by atoms with Gasteiger partial charge in [-0.2, -0.15) is 16.7 Å². The van der Waals surface area contributed by atoms with Crippen LogP contribution < -0.4 is 5.73 Å². The highest BCUT2D eigenvalue weighted by atomic mass is 32.2. The maximum atomic E-state index is 10.8. The molecule has 0 spiro atoms. The molecule has 1 aromatic carbocycles. The molecule has 0 radical (unpaired) electrons. The molecule has 1 aromatic heterocycles. The molecule has 20 heavy (non-hydrogen) atoms. The van der Waals surface area contributed by atoms with Gasteiger partial charge in [0.1, 0.15) is 0 Å². The van der Waals surface area contributed by atoms with Crippen molar-refractivity contribution < 1.29 is 9.45 Å². The van der Waals surface area contributed by atoms with Crippen molar-refractivity contribution in [2.45, 2.75) is 12.0 Å². The molecule has 0 saturated carbocycles. The van der Waals surface area contributed by atoms with E-state index in [1.165, 1.54) is 12.1 Å². The molecule has 1 aliphatic rings. The molecule has 0 amide bonds. The number of nitrogens with two attached hydrogens (primary N) is 1. The summed E-state index contributed by atoms with van der Waals surface area (Å²) in [6.07, 6.45) is 0. The molecule has 2 aromatic rings. The minimum absolute atomic E-state index is 0.00183. The van der Waals surface area contributed by atoms with E-state index in [0.29, 0.717) is 17.3 Å². The van der Waals surface area contributed by atoms with Crippen LogP contribution in [0.15, 0.2) is 28.8 Å². The van der Waals surface area contributed by atoms with Gasteiger partial charge >= 0.3 is 0 Å². The molecule has 2 heterocycles. The molecule has 3 rings (SSSR count). The maximum absolute atomic E-state index is 10.8. The van der Waals surface area contributed by atoms with Gasteiger partial charge in [0.25, 0.3) is 5.69 Å². The molecule has 2 N–H and O–H groups in total. The minimum Gasteiger partial charge on any atom is -0.339 e. The van der Waals surface area contributed by atoms with Crippen molar-refractivity contribution in [1.29, 1.82) is 0 Å². The van der Waals surface area contributed by atoms with E-state index in [4.69, 9.17) is 10.3 Å². The van der Waals surface area contributed by atoms with E-state index in [1.54, 1.807) is 23.9 Å². The van der Waals surface area contributed by atoms with Gasteiger partial charge in [0, 0.05) is 35.2 Å². The van der Waals surface area contributed by atoms with E-state index in [9.17, 15) is 10.1 Å². The molecule has 0 bridgehead atoms. The lowest BCUT2D eigenvalue weighted by atomic mass is 10.1. The van der Waals surface area contributed by atoms with Gasteiger partial charge in [-0.25, -0.2) is 0 Å². The Bertz CT molecular complexity index is 645. The SMILES string of the molecule is NC1CSCC1c1nc(-c2cccc([N+](=O)[O-])c2)no1. The van der Waals surface area contributed by atoms with E-state index in [0.717, 1.165) is 11.5 Å². The normalized spacial score (nSPS) is 22.1. The highest BCUT2D eigenvalue weighted by Crippen LogP contribution is 2.32.